The number of carbonyl (C=O) groups is 2. The van der Waals surface area contributed by atoms with Gasteiger partial charge in [0, 0.05) is 21.3 Å². The maximum atomic E-state index is 12.0. The number of rotatable bonds is 9. The van der Waals surface area contributed by atoms with Crippen molar-refractivity contribution in [2.24, 2.45) is 5.10 Å². The Kier molecular flexibility index (Phi) is 9.54. The molecule has 0 unspecified atom stereocenters. The Morgan fingerprint density at radius 3 is 2.49 bits per heavy atom. The van der Waals surface area contributed by atoms with Gasteiger partial charge in [0.25, 0.3) is 0 Å². The number of hydrogen-bond donors (Lipinski definition) is 2. The quantitative estimate of drug-likeness (QED) is 0.181. The lowest BCUT2D eigenvalue weighted by molar-refractivity contribution is -0.126. The van der Waals surface area contributed by atoms with Crippen LogP contribution in [0.2, 0.25) is 10.0 Å². The van der Waals surface area contributed by atoms with Crippen LogP contribution < -0.4 is 20.2 Å². The zero-order chi connectivity index (χ0) is 25.4. The number of hydrazone groups is 1. The second-order valence-electron chi connectivity index (χ2n) is 7.44. The third-order valence-corrected chi connectivity index (χ3v) is 5.87. The van der Waals surface area contributed by atoms with Crippen molar-refractivity contribution in [3.05, 3.63) is 85.8 Å². The molecule has 0 radical (unpaired) electrons. The lowest BCUT2D eigenvalue weighted by Crippen LogP contribution is -2.24. The van der Waals surface area contributed by atoms with Crippen molar-refractivity contribution < 1.29 is 19.1 Å². The van der Waals surface area contributed by atoms with Gasteiger partial charge < -0.3 is 14.8 Å². The molecule has 10 heteroatoms. The number of nitrogens with zero attached hydrogens (tertiary/aromatic N) is 1. The molecule has 182 valence electrons. The van der Waals surface area contributed by atoms with Gasteiger partial charge in [0.2, 0.25) is 11.8 Å². The van der Waals surface area contributed by atoms with Gasteiger partial charge in [-0.15, -0.1) is 0 Å². The highest BCUT2D eigenvalue weighted by Crippen LogP contribution is 2.37. The smallest absolute Gasteiger partial charge is 0.249 e. The first kappa shape index (κ1) is 26.5. The zero-order valence-corrected chi connectivity index (χ0v) is 22.0. The first-order chi connectivity index (χ1) is 16.7. The van der Waals surface area contributed by atoms with Crippen molar-refractivity contribution >= 4 is 62.8 Å². The second kappa shape index (κ2) is 12.6. The van der Waals surface area contributed by atoms with Crippen molar-refractivity contribution in [3.8, 4) is 11.5 Å². The van der Waals surface area contributed by atoms with Gasteiger partial charge in [-0.1, -0.05) is 47.0 Å². The number of anilines is 1. The van der Waals surface area contributed by atoms with Gasteiger partial charge in [0.05, 0.1) is 17.8 Å². The number of halogens is 3. The summed E-state index contributed by atoms with van der Waals surface area (Å²) in [5.41, 5.74) is 5.44. The normalized spacial score (nSPS) is 10.8. The van der Waals surface area contributed by atoms with Crippen LogP contribution in [0.5, 0.6) is 11.5 Å². The van der Waals surface area contributed by atoms with Gasteiger partial charge in [-0.2, -0.15) is 5.10 Å². The third kappa shape index (κ3) is 7.99. The molecule has 0 bridgehead atoms. The summed E-state index contributed by atoms with van der Waals surface area (Å²) in [6.45, 7) is 2.16. The largest absolute Gasteiger partial charge is 0.493 e. The Labute approximate surface area is 221 Å². The van der Waals surface area contributed by atoms with Gasteiger partial charge in [-0.05, 0) is 64.8 Å². The molecule has 3 rings (SSSR count). The van der Waals surface area contributed by atoms with Gasteiger partial charge in [0.15, 0.2) is 11.5 Å². The van der Waals surface area contributed by atoms with E-state index in [1.54, 1.807) is 42.5 Å². The van der Waals surface area contributed by atoms with E-state index in [1.165, 1.54) is 13.3 Å². The monoisotopic (exact) mass is 577 g/mol. The Balaban J connectivity index is 1.57. The van der Waals surface area contributed by atoms with E-state index in [9.17, 15) is 9.59 Å². The number of nitrogens with one attached hydrogen (secondary N) is 2. The lowest BCUT2D eigenvalue weighted by atomic mass is 10.2. The third-order valence-electron chi connectivity index (χ3n) is 4.70. The SMILES string of the molecule is COc1cc(C=NNC(=O)CC(=O)Nc2ccc(C)cc2)cc(Br)c1OCc1ccc(Cl)cc1Cl. The van der Waals surface area contributed by atoms with Gasteiger partial charge in [-0.3, -0.25) is 9.59 Å². The molecule has 35 heavy (non-hydrogen) atoms. The molecule has 0 aliphatic carbocycles. The fourth-order valence-electron chi connectivity index (χ4n) is 2.95. The molecule has 0 aromatic heterocycles. The molecule has 7 nitrogen and oxygen atoms in total. The molecule has 0 saturated carbocycles. The first-order valence-corrected chi connectivity index (χ1v) is 11.9. The Morgan fingerprint density at radius 2 is 1.80 bits per heavy atom. The topological polar surface area (TPSA) is 89.0 Å². The van der Waals surface area contributed by atoms with E-state index in [2.05, 4.69) is 31.8 Å². The number of aryl methyl sites for hydroxylation is 1. The minimum Gasteiger partial charge on any atom is -0.493 e. The molecule has 0 aliphatic rings. The molecule has 0 aliphatic heterocycles. The Bertz CT molecular complexity index is 1250. The zero-order valence-electron chi connectivity index (χ0n) is 18.9. The lowest BCUT2D eigenvalue weighted by Gasteiger charge is -2.14. The van der Waals surface area contributed by atoms with E-state index in [4.69, 9.17) is 32.7 Å². The average Bonchev–Trinajstić information content (AvgIpc) is 2.80. The van der Waals surface area contributed by atoms with Crippen LogP contribution in [0.15, 0.2) is 64.2 Å². The minimum absolute atomic E-state index is 0.207. The van der Waals surface area contributed by atoms with E-state index in [1.807, 2.05) is 19.1 Å². The van der Waals surface area contributed by atoms with E-state index in [0.29, 0.717) is 37.3 Å². The Morgan fingerprint density at radius 1 is 1.06 bits per heavy atom. The summed E-state index contributed by atoms with van der Waals surface area (Å²) in [7, 11) is 1.51. The maximum absolute atomic E-state index is 12.0. The number of benzene rings is 3. The molecule has 2 N–H and O–H groups in total. The number of hydrogen-bond acceptors (Lipinski definition) is 5. The van der Waals surface area contributed by atoms with Gasteiger partial charge in [0.1, 0.15) is 13.0 Å². The number of ether oxygens (including phenoxy) is 2. The fourth-order valence-corrected chi connectivity index (χ4v) is 3.99. The predicted octanol–water partition coefficient (Wildman–Crippen LogP) is 6.13. The summed E-state index contributed by atoms with van der Waals surface area (Å²) in [6, 6.07) is 15.9. The highest BCUT2D eigenvalue weighted by molar-refractivity contribution is 9.10. The molecule has 3 aromatic rings. The Hall–Kier alpha value is -3.07. The summed E-state index contributed by atoms with van der Waals surface area (Å²) >= 11 is 15.6. The van der Waals surface area contributed by atoms with Crippen LogP contribution >= 0.6 is 39.1 Å². The molecule has 0 spiro atoms. The molecule has 0 heterocycles. The summed E-state index contributed by atoms with van der Waals surface area (Å²) in [4.78, 5) is 24.1. The van der Waals surface area contributed by atoms with Crippen LogP contribution in [0.1, 0.15) is 23.1 Å². The molecule has 0 saturated heterocycles. The van der Waals surface area contributed by atoms with E-state index in [0.717, 1.165) is 11.1 Å². The molecule has 2 amide bonds. The molecular formula is C25H22BrCl2N3O4. The predicted molar refractivity (Wildman–Crippen MR) is 142 cm³/mol. The van der Waals surface area contributed by atoms with Crippen LogP contribution in [0.3, 0.4) is 0 Å². The van der Waals surface area contributed by atoms with Crippen molar-refractivity contribution in [1.82, 2.24) is 5.43 Å². The van der Waals surface area contributed by atoms with Crippen LogP contribution in [-0.4, -0.2) is 25.1 Å². The minimum atomic E-state index is -0.545. The van der Waals surface area contributed by atoms with Crippen molar-refractivity contribution in [2.75, 3.05) is 12.4 Å². The van der Waals surface area contributed by atoms with Crippen molar-refractivity contribution in [1.29, 1.82) is 0 Å². The molecular weight excluding hydrogens is 557 g/mol. The summed E-state index contributed by atoms with van der Waals surface area (Å²) in [6.07, 6.45) is 1.07. The van der Waals surface area contributed by atoms with Crippen molar-refractivity contribution in [2.45, 2.75) is 20.0 Å². The second-order valence-corrected chi connectivity index (χ2v) is 9.14. The van der Waals surface area contributed by atoms with E-state index in [-0.39, 0.29) is 13.0 Å². The summed E-state index contributed by atoms with van der Waals surface area (Å²) in [5, 5.41) is 7.63. The highest BCUT2D eigenvalue weighted by atomic mass is 79.9. The molecule has 0 atom stereocenters. The van der Waals surface area contributed by atoms with E-state index < -0.39 is 11.8 Å². The summed E-state index contributed by atoms with van der Waals surface area (Å²) < 4.78 is 12.0. The van der Waals surface area contributed by atoms with Crippen LogP contribution in [-0.2, 0) is 16.2 Å². The fraction of sp³-hybridized carbons (Fsp3) is 0.160. The maximum Gasteiger partial charge on any atom is 0.249 e. The van der Waals surface area contributed by atoms with Crippen molar-refractivity contribution in [3.63, 3.8) is 0 Å². The highest BCUT2D eigenvalue weighted by Gasteiger charge is 2.13. The average molecular weight is 579 g/mol. The number of amides is 2. The standard InChI is InChI=1S/C25H22BrCl2N3O4/c1-15-3-7-19(8-4-15)30-23(32)12-24(33)31-29-13-16-9-20(26)25(22(10-16)34-2)35-14-17-5-6-18(27)11-21(17)28/h3-11,13H,12,14H2,1-2H3,(H,30,32)(H,31,33). The first-order valence-electron chi connectivity index (χ1n) is 10.4. The number of methoxy groups -OCH3 is 1. The van der Waals surface area contributed by atoms with Crippen LogP contribution in [0.25, 0.3) is 0 Å². The van der Waals surface area contributed by atoms with E-state index >= 15 is 0 Å². The van der Waals surface area contributed by atoms with Crippen LogP contribution in [0.4, 0.5) is 5.69 Å². The summed E-state index contributed by atoms with van der Waals surface area (Å²) in [5.74, 6) is -0.0489. The van der Waals surface area contributed by atoms with Gasteiger partial charge in [-0.25, -0.2) is 5.43 Å². The molecule has 3 aromatic carbocycles. The van der Waals surface area contributed by atoms with Gasteiger partial charge >= 0.3 is 0 Å². The van der Waals surface area contributed by atoms with Crippen LogP contribution in [0, 0.1) is 6.92 Å². The number of carbonyl (C=O) groups excluding carboxylic acids is 2. The molecule has 0 fully saturated rings.